The second-order valence-electron chi connectivity index (χ2n) is 7.81. The third-order valence-electron chi connectivity index (χ3n) is 5.57. The number of ether oxygens (including phenoxy) is 1. The van der Waals surface area contributed by atoms with Crippen LogP contribution in [-0.2, 0) is 4.74 Å². The van der Waals surface area contributed by atoms with Crippen molar-refractivity contribution in [1.82, 2.24) is 15.6 Å². The highest BCUT2D eigenvalue weighted by Crippen LogP contribution is 2.44. The number of aromatic nitrogens is 1. The zero-order chi connectivity index (χ0) is 18.8. The van der Waals surface area contributed by atoms with Gasteiger partial charge < -0.3 is 15.4 Å². The smallest absolute Gasteiger partial charge is 0.191 e. The summed E-state index contributed by atoms with van der Waals surface area (Å²) in [6.45, 7) is 10.1. The molecular weight excluding hydrogens is 324 g/mol. The number of methoxy groups -OCH3 is 1. The largest absolute Gasteiger partial charge is 0.385 e. The van der Waals surface area contributed by atoms with Gasteiger partial charge in [-0.2, -0.15) is 0 Å². The minimum atomic E-state index is 0.346. The Kier molecular flexibility index (Phi) is 8.36. The number of aliphatic imine (C=N–C) groups is 1. The van der Waals surface area contributed by atoms with Gasteiger partial charge in [0, 0.05) is 51.7 Å². The Balaban J connectivity index is 1.97. The maximum absolute atomic E-state index is 5.30. The van der Waals surface area contributed by atoms with Crippen molar-refractivity contribution in [2.24, 2.45) is 16.3 Å². The summed E-state index contributed by atoms with van der Waals surface area (Å²) in [5.41, 5.74) is 1.63. The van der Waals surface area contributed by atoms with E-state index in [1.54, 1.807) is 7.11 Å². The molecule has 0 aromatic carbocycles. The molecule has 146 valence electrons. The lowest BCUT2D eigenvalue weighted by atomic mass is 9.67. The van der Waals surface area contributed by atoms with Crippen LogP contribution in [0.25, 0.3) is 0 Å². The van der Waals surface area contributed by atoms with Gasteiger partial charge in [0.05, 0.1) is 0 Å². The summed E-state index contributed by atoms with van der Waals surface area (Å²) >= 11 is 0. The van der Waals surface area contributed by atoms with E-state index in [1.165, 1.54) is 24.8 Å². The number of nitrogens with zero attached hydrogens (tertiary/aromatic N) is 2. The molecule has 1 aromatic heterocycles. The highest BCUT2D eigenvalue weighted by Gasteiger charge is 2.36. The Labute approximate surface area is 159 Å². The van der Waals surface area contributed by atoms with Gasteiger partial charge in [-0.1, -0.05) is 26.3 Å². The van der Waals surface area contributed by atoms with Crippen LogP contribution >= 0.6 is 0 Å². The first kappa shape index (κ1) is 20.7. The molecule has 0 amide bonds. The second kappa shape index (κ2) is 10.5. The second-order valence-corrected chi connectivity index (χ2v) is 7.81. The van der Waals surface area contributed by atoms with Crippen LogP contribution in [0.3, 0.4) is 0 Å². The lowest BCUT2D eigenvalue weighted by Gasteiger charge is -2.40. The monoisotopic (exact) mass is 360 g/mol. The van der Waals surface area contributed by atoms with Gasteiger partial charge in [-0.15, -0.1) is 0 Å². The lowest BCUT2D eigenvalue weighted by molar-refractivity contribution is 0.0778. The Hall–Kier alpha value is -1.62. The Morgan fingerprint density at radius 3 is 2.69 bits per heavy atom. The molecule has 1 atom stereocenters. The van der Waals surface area contributed by atoms with Gasteiger partial charge in [-0.25, -0.2) is 0 Å². The molecule has 1 aliphatic carbocycles. The molecule has 1 aliphatic rings. The van der Waals surface area contributed by atoms with E-state index >= 15 is 0 Å². The molecule has 1 aromatic rings. The predicted molar refractivity (Wildman–Crippen MR) is 109 cm³/mol. The van der Waals surface area contributed by atoms with Crippen LogP contribution in [0.2, 0.25) is 0 Å². The number of rotatable bonds is 10. The molecular formula is C21H36N4O. The first-order valence-corrected chi connectivity index (χ1v) is 10.0. The summed E-state index contributed by atoms with van der Waals surface area (Å²) in [7, 11) is 1.78. The van der Waals surface area contributed by atoms with Crippen LogP contribution in [0, 0.1) is 11.3 Å². The fourth-order valence-corrected chi connectivity index (χ4v) is 3.61. The summed E-state index contributed by atoms with van der Waals surface area (Å²) in [5.74, 6) is 1.87. The number of pyridine rings is 1. The van der Waals surface area contributed by atoms with Crippen molar-refractivity contribution in [3.8, 4) is 0 Å². The van der Waals surface area contributed by atoms with E-state index < -0.39 is 0 Å². The van der Waals surface area contributed by atoms with Crippen molar-refractivity contribution in [3.05, 3.63) is 30.1 Å². The van der Waals surface area contributed by atoms with Crippen LogP contribution in [0.15, 0.2) is 29.5 Å². The Bertz CT molecular complexity index is 540. The first-order chi connectivity index (χ1) is 12.6. The molecule has 1 heterocycles. The maximum Gasteiger partial charge on any atom is 0.191 e. The summed E-state index contributed by atoms with van der Waals surface area (Å²) in [4.78, 5) is 9.19. The molecule has 5 nitrogen and oxygen atoms in total. The van der Waals surface area contributed by atoms with E-state index in [0.29, 0.717) is 17.3 Å². The standard InChI is InChI=1S/C21H36N4O/c1-5-23-20(25-16-21(9-7-10-21)11-13-26-4)24-15-19(17(2)3)18-8-6-12-22-14-18/h6,8,12,14,17,19H,5,7,9-11,13,15-16H2,1-4H3,(H2,23,24,25). The molecule has 2 rings (SSSR count). The summed E-state index contributed by atoms with van der Waals surface area (Å²) in [6.07, 6.45) is 8.77. The van der Waals surface area contributed by atoms with Gasteiger partial charge in [0.25, 0.3) is 0 Å². The SMILES string of the molecule is CCNC(=NCC1(CCOC)CCC1)NCC(c1cccnc1)C(C)C. The fourth-order valence-electron chi connectivity index (χ4n) is 3.61. The molecule has 0 bridgehead atoms. The lowest BCUT2D eigenvalue weighted by Crippen LogP contribution is -2.42. The topological polar surface area (TPSA) is 58.5 Å². The maximum atomic E-state index is 5.30. The molecule has 0 saturated heterocycles. The van der Waals surface area contributed by atoms with Crippen molar-refractivity contribution in [3.63, 3.8) is 0 Å². The molecule has 2 N–H and O–H groups in total. The number of guanidine groups is 1. The van der Waals surface area contributed by atoms with E-state index in [1.807, 2.05) is 18.5 Å². The van der Waals surface area contributed by atoms with Gasteiger partial charge in [0.2, 0.25) is 0 Å². The normalized spacial score (nSPS) is 17.7. The van der Waals surface area contributed by atoms with Gasteiger partial charge in [-0.05, 0) is 49.1 Å². The van der Waals surface area contributed by atoms with Crippen molar-refractivity contribution >= 4 is 5.96 Å². The Morgan fingerprint density at radius 1 is 1.35 bits per heavy atom. The van der Waals surface area contributed by atoms with Gasteiger partial charge in [0.15, 0.2) is 5.96 Å². The van der Waals surface area contributed by atoms with Crippen molar-refractivity contribution in [1.29, 1.82) is 0 Å². The van der Waals surface area contributed by atoms with Crippen LogP contribution < -0.4 is 10.6 Å². The summed E-state index contributed by atoms with van der Waals surface area (Å²) < 4.78 is 5.30. The predicted octanol–water partition coefficient (Wildman–Crippen LogP) is 3.58. The van der Waals surface area contributed by atoms with Crippen molar-refractivity contribution in [2.75, 3.05) is 33.4 Å². The van der Waals surface area contributed by atoms with Gasteiger partial charge >= 0.3 is 0 Å². The third kappa shape index (κ3) is 5.97. The fraction of sp³-hybridized carbons (Fsp3) is 0.714. The molecule has 0 aliphatic heterocycles. The molecule has 1 fully saturated rings. The van der Waals surface area contributed by atoms with Crippen molar-refractivity contribution in [2.45, 2.75) is 52.4 Å². The van der Waals surface area contributed by atoms with Crippen molar-refractivity contribution < 1.29 is 4.74 Å². The van der Waals surface area contributed by atoms with Crippen LogP contribution in [0.4, 0.5) is 0 Å². The number of hydrogen-bond donors (Lipinski definition) is 2. The minimum absolute atomic E-state index is 0.346. The molecule has 1 saturated carbocycles. The van der Waals surface area contributed by atoms with Crippen LogP contribution in [0.1, 0.15) is 57.9 Å². The average molecular weight is 361 g/mol. The van der Waals surface area contributed by atoms with E-state index in [-0.39, 0.29) is 0 Å². The Morgan fingerprint density at radius 2 is 2.15 bits per heavy atom. The average Bonchev–Trinajstić information content (AvgIpc) is 2.61. The quantitative estimate of drug-likeness (QED) is 0.495. The van der Waals surface area contributed by atoms with Crippen LogP contribution in [-0.4, -0.2) is 44.3 Å². The third-order valence-corrected chi connectivity index (χ3v) is 5.57. The molecule has 5 heteroatoms. The first-order valence-electron chi connectivity index (χ1n) is 10.0. The number of nitrogens with one attached hydrogen (secondary N) is 2. The molecule has 0 radical (unpaired) electrons. The summed E-state index contributed by atoms with van der Waals surface area (Å²) in [5, 5.41) is 6.95. The van der Waals surface area contributed by atoms with Gasteiger partial charge in [-0.3, -0.25) is 9.98 Å². The highest BCUT2D eigenvalue weighted by molar-refractivity contribution is 5.79. The molecule has 26 heavy (non-hydrogen) atoms. The minimum Gasteiger partial charge on any atom is -0.385 e. The highest BCUT2D eigenvalue weighted by atomic mass is 16.5. The van der Waals surface area contributed by atoms with E-state index in [0.717, 1.165) is 38.6 Å². The van der Waals surface area contributed by atoms with Gasteiger partial charge in [0.1, 0.15) is 0 Å². The van der Waals surface area contributed by atoms with E-state index in [9.17, 15) is 0 Å². The zero-order valence-electron chi connectivity index (χ0n) is 16.9. The van der Waals surface area contributed by atoms with E-state index in [4.69, 9.17) is 9.73 Å². The number of hydrogen-bond acceptors (Lipinski definition) is 3. The molecule has 1 unspecified atom stereocenters. The zero-order valence-corrected chi connectivity index (χ0v) is 16.9. The molecule has 0 spiro atoms. The van der Waals surface area contributed by atoms with E-state index in [2.05, 4.69) is 42.5 Å². The summed E-state index contributed by atoms with van der Waals surface area (Å²) in [6, 6.07) is 4.18. The van der Waals surface area contributed by atoms with Crippen LogP contribution in [0.5, 0.6) is 0 Å².